The number of rotatable bonds is 18. The summed E-state index contributed by atoms with van der Waals surface area (Å²) in [4.78, 5) is 25.7. The largest absolute Gasteiger partial charge is 0.530 e. The first-order valence-corrected chi connectivity index (χ1v) is 19.0. The lowest BCUT2D eigenvalue weighted by atomic mass is 9.86. The van der Waals surface area contributed by atoms with Crippen LogP contribution in [0.3, 0.4) is 0 Å². The zero-order valence-electron chi connectivity index (χ0n) is 29.6. The first-order valence-electron chi connectivity index (χ1n) is 17.6. The van der Waals surface area contributed by atoms with Crippen LogP contribution in [0.1, 0.15) is 51.5 Å². The first-order chi connectivity index (χ1) is 24.9. The molecule has 2 fully saturated rings. The van der Waals surface area contributed by atoms with Gasteiger partial charge in [0.15, 0.2) is 24.4 Å². The van der Waals surface area contributed by atoms with Gasteiger partial charge in [0.05, 0.1) is 36.3 Å². The Morgan fingerprint density at radius 2 is 1.88 bits per heavy atom. The van der Waals surface area contributed by atoms with Crippen molar-refractivity contribution >= 4 is 22.2 Å². The number of benzene rings is 2. The van der Waals surface area contributed by atoms with Crippen LogP contribution in [0.5, 0.6) is 11.5 Å². The Labute approximate surface area is 305 Å². The van der Waals surface area contributed by atoms with Crippen molar-refractivity contribution < 1.29 is 51.9 Å². The quantitative estimate of drug-likeness (QED) is 0.170. The maximum Gasteiger partial charge on any atom is 0.408 e. The molecule has 2 aromatic rings. The maximum atomic E-state index is 14.5. The van der Waals surface area contributed by atoms with Crippen LogP contribution in [0.4, 0.5) is 9.59 Å². The van der Waals surface area contributed by atoms with E-state index >= 15 is 0 Å². The van der Waals surface area contributed by atoms with Crippen LogP contribution in [0.15, 0.2) is 53.4 Å². The predicted octanol–water partition coefficient (Wildman–Crippen LogP) is 2.73. The monoisotopic (exact) mass is 742 g/mol. The summed E-state index contributed by atoms with van der Waals surface area (Å²) in [5, 5.41) is 27.7. The maximum absolute atomic E-state index is 14.5. The van der Waals surface area contributed by atoms with Crippen LogP contribution in [0.2, 0.25) is 0 Å². The van der Waals surface area contributed by atoms with E-state index in [9.17, 15) is 28.2 Å². The number of ether oxygens (including phenoxy) is 5. The van der Waals surface area contributed by atoms with Gasteiger partial charge in [-0.15, -0.1) is 6.42 Å². The number of nitrogens with zero attached hydrogens (tertiary/aromatic N) is 2. The Balaban J connectivity index is 1.37. The zero-order valence-corrected chi connectivity index (χ0v) is 30.4. The van der Waals surface area contributed by atoms with Crippen LogP contribution >= 0.6 is 0 Å². The topological polar surface area (TPSA) is 176 Å². The predicted molar refractivity (Wildman–Crippen MR) is 187 cm³/mol. The fourth-order valence-electron chi connectivity index (χ4n) is 7.10. The van der Waals surface area contributed by atoms with Gasteiger partial charge in [-0.25, -0.2) is 13.2 Å². The van der Waals surface area contributed by atoms with Crippen molar-refractivity contribution in [3.8, 4) is 23.8 Å². The van der Waals surface area contributed by atoms with Gasteiger partial charge < -0.3 is 48.9 Å². The Morgan fingerprint density at radius 3 is 2.63 bits per heavy atom. The molecule has 2 saturated heterocycles. The third kappa shape index (κ3) is 9.87. The highest BCUT2D eigenvalue weighted by Crippen LogP contribution is 2.38. The number of carbonyl (C=O) groups excluding carboxylic acids is 2. The number of carbonyl (C=O) groups is 2. The van der Waals surface area contributed by atoms with Crippen LogP contribution in [-0.2, 0) is 30.7 Å². The minimum atomic E-state index is -4.26. The third-order valence-corrected chi connectivity index (χ3v) is 11.5. The first kappa shape index (κ1) is 39.1. The molecule has 2 N–H and O–H groups in total. The van der Waals surface area contributed by atoms with Crippen molar-refractivity contribution in [3.05, 3.63) is 54.1 Å². The summed E-state index contributed by atoms with van der Waals surface area (Å²) in [6.07, 6.45) is 4.51. The van der Waals surface area contributed by atoms with E-state index in [1.165, 1.54) is 22.5 Å². The molecular formula is C37H48N3O11S-. The molecule has 0 saturated carbocycles. The van der Waals surface area contributed by atoms with E-state index in [4.69, 9.17) is 30.1 Å². The molecule has 0 bridgehead atoms. The number of amides is 2. The number of carboxylic acid groups (broad SMARTS) is 1. The number of fused-ring (bicyclic) bond motifs is 2. The Hall–Kier alpha value is -4.07. The molecular weight excluding hydrogens is 694 g/mol. The van der Waals surface area contributed by atoms with Gasteiger partial charge in [0.1, 0.15) is 6.09 Å². The van der Waals surface area contributed by atoms with Gasteiger partial charge >= 0.3 is 6.09 Å². The van der Waals surface area contributed by atoms with Gasteiger partial charge in [0, 0.05) is 31.6 Å². The fourth-order valence-corrected chi connectivity index (χ4v) is 8.76. The molecule has 2 aromatic carbocycles. The summed E-state index contributed by atoms with van der Waals surface area (Å²) in [5.41, 5.74) is 0.194. The standard InChI is InChI=1S/C37H49N3O11S/c1-4-18-48-35(42)38-17-10-6-9-16-37(2,3)24-39(52(45,46)27-13-14-32-33(21-27)51-25-50-32)22-31(41)29(20-26-11-7-5-8-12-26)40(36(43)44)30-23-49-34-28(30)15-19-47-34/h1,5,7-8,11-14,21,28-31,34,41H,6,9-10,15-20,22-25H2,2-3H3,(H,38,42)(H,43,44)/p-1/t28-,29-,30-,31+,34+/m0/s1. The molecule has 284 valence electrons. The summed E-state index contributed by atoms with van der Waals surface area (Å²) in [5.74, 6) is 2.69. The third-order valence-electron chi connectivity index (χ3n) is 9.73. The highest BCUT2D eigenvalue weighted by atomic mass is 32.2. The van der Waals surface area contributed by atoms with Crippen LogP contribution in [0.25, 0.3) is 0 Å². The van der Waals surface area contributed by atoms with Crippen LogP contribution in [0, 0.1) is 23.7 Å². The molecule has 0 unspecified atom stereocenters. The number of hydrogen-bond acceptors (Lipinski definition) is 11. The summed E-state index contributed by atoms with van der Waals surface area (Å²) >= 11 is 0. The lowest BCUT2D eigenvalue weighted by Crippen LogP contribution is -2.61. The second-order valence-electron chi connectivity index (χ2n) is 14.1. The van der Waals surface area contributed by atoms with Gasteiger partial charge in [-0.3, -0.25) is 0 Å². The van der Waals surface area contributed by atoms with E-state index in [2.05, 4.69) is 11.2 Å². The zero-order chi connectivity index (χ0) is 37.3. The molecule has 0 aromatic heterocycles. The smallest absolute Gasteiger partial charge is 0.408 e. The van der Waals surface area contributed by atoms with E-state index < -0.39 is 58.6 Å². The van der Waals surface area contributed by atoms with Gasteiger partial charge in [-0.2, -0.15) is 4.31 Å². The second kappa shape index (κ2) is 17.6. The minimum absolute atomic E-state index is 0.0198. The summed E-state index contributed by atoms with van der Waals surface area (Å²) < 4.78 is 57.3. The van der Waals surface area contributed by atoms with E-state index in [1.54, 1.807) is 0 Å². The normalized spacial score (nSPS) is 20.6. The number of hydrogen-bond donors (Lipinski definition) is 2. The number of terminal acetylenes is 1. The lowest BCUT2D eigenvalue weighted by Gasteiger charge is -2.43. The molecule has 0 spiro atoms. The second-order valence-corrected chi connectivity index (χ2v) is 16.0. The molecule has 14 nitrogen and oxygen atoms in total. The summed E-state index contributed by atoms with van der Waals surface area (Å²) in [6.45, 7) is 4.26. The average Bonchev–Trinajstić information content (AvgIpc) is 3.87. The van der Waals surface area contributed by atoms with Crippen molar-refractivity contribution in [2.45, 2.75) is 81.7 Å². The number of unbranched alkanes of at least 4 members (excludes halogenated alkanes) is 2. The lowest BCUT2D eigenvalue weighted by molar-refractivity contribution is -0.273. The molecule has 15 heteroatoms. The number of alkyl carbamates (subject to hydrolysis) is 1. The van der Waals surface area contributed by atoms with E-state index in [1.807, 2.05) is 44.2 Å². The SMILES string of the molecule is C#CCOC(=O)NCCCCCC(C)(C)CN(C[C@@H](O)[C@H](Cc1ccccc1)N(C(=O)[O-])[C@H]1CO[C@H]2OCC[C@H]21)S(=O)(=O)c1ccc2c(c1)OCO2. The molecule has 2 amide bonds. The number of sulfonamides is 1. The minimum Gasteiger partial charge on any atom is -0.530 e. The van der Waals surface area contributed by atoms with Gasteiger partial charge in [0.2, 0.25) is 16.8 Å². The van der Waals surface area contributed by atoms with Gasteiger partial charge in [-0.1, -0.05) is 62.9 Å². The van der Waals surface area contributed by atoms with Crippen LogP contribution in [-0.4, -0.2) is 106 Å². The van der Waals surface area contributed by atoms with E-state index in [0.717, 1.165) is 23.3 Å². The average molecular weight is 743 g/mol. The van der Waals surface area contributed by atoms with E-state index in [0.29, 0.717) is 38.2 Å². The van der Waals surface area contributed by atoms with E-state index in [-0.39, 0.29) is 49.5 Å². The molecule has 3 aliphatic rings. The number of aliphatic hydroxyl groups is 1. The molecule has 5 atom stereocenters. The number of aliphatic hydroxyl groups excluding tert-OH is 1. The van der Waals surface area contributed by atoms with Gasteiger partial charge in [-0.05, 0) is 48.8 Å². The molecule has 0 aliphatic carbocycles. The summed E-state index contributed by atoms with van der Waals surface area (Å²) in [7, 11) is -4.26. The fraction of sp³-hybridized carbons (Fsp3) is 0.568. The molecule has 5 rings (SSSR count). The highest BCUT2D eigenvalue weighted by molar-refractivity contribution is 7.89. The highest BCUT2D eigenvalue weighted by Gasteiger charge is 2.47. The van der Waals surface area contributed by atoms with Crippen molar-refractivity contribution in [2.24, 2.45) is 11.3 Å². The molecule has 3 heterocycles. The number of nitrogens with one attached hydrogen (secondary N) is 1. The Bertz CT molecular complexity index is 1670. The Kier molecular flexibility index (Phi) is 13.3. The van der Waals surface area contributed by atoms with Crippen molar-refractivity contribution in [1.82, 2.24) is 14.5 Å². The molecule has 3 aliphatic heterocycles. The van der Waals surface area contributed by atoms with Crippen LogP contribution < -0.4 is 19.9 Å². The van der Waals surface area contributed by atoms with Gasteiger partial charge in [0.25, 0.3) is 0 Å². The molecule has 0 radical (unpaired) electrons. The van der Waals surface area contributed by atoms with Crippen molar-refractivity contribution in [2.75, 3.05) is 46.2 Å². The Morgan fingerprint density at radius 1 is 1.12 bits per heavy atom. The van der Waals surface area contributed by atoms with Crippen molar-refractivity contribution in [1.29, 1.82) is 0 Å². The van der Waals surface area contributed by atoms with Crippen molar-refractivity contribution in [3.63, 3.8) is 0 Å². The summed E-state index contributed by atoms with van der Waals surface area (Å²) in [6, 6.07) is 11.8. The molecule has 52 heavy (non-hydrogen) atoms.